The Balaban J connectivity index is 2.72. The zero-order valence-corrected chi connectivity index (χ0v) is 12.4. The van der Waals surface area contributed by atoms with Crippen molar-refractivity contribution in [3.05, 3.63) is 54.3 Å². The quantitative estimate of drug-likeness (QED) is 0.467. The number of nitro groups is 2. The molecule has 0 unspecified atom stereocenters. The van der Waals surface area contributed by atoms with Crippen LogP contribution in [0.25, 0.3) is 0 Å². The molecule has 1 aromatic heterocycles. The lowest BCUT2D eigenvalue weighted by Crippen LogP contribution is -2.09. The SMILES string of the molecule is O=c1cc(O)nc(Sc2c([N+](=O)[O-])cc(C(F)(F)F)cc2[N+](=O)[O-])[nH]1. The molecule has 1 heterocycles. The fraction of sp³-hybridized carbons (Fsp3) is 0.0909. The Hall–Kier alpha value is -3.16. The van der Waals surface area contributed by atoms with E-state index >= 15 is 0 Å². The highest BCUT2D eigenvalue weighted by atomic mass is 32.2. The van der Waals surface area contributed by atoms with Crippen LogP contribution in [0.2, 0.25) is 0 Å². The normalized spacial score (nSPS) is 11.3. The van der Waals surface area contributed by atoms with Gasteiger partial charge in [0.15, 0.2) is 10.1 Å². The average molecular weight is 378 g/mol. The van der Waals surface area contributed by atoms with Gasteiger partial charge in [0.05, 0.1) is 21.5 Å². The minimum absolute atomic E-state index is 0.135. The number of nitro benzene ring substituents is 2. The molecule has 0 saturated heterocycles. The zero-order chi connectivity index (χ0) is 18.9. The molecule has 0 fully saturated rings. The predicted octanol–water partition coefficient (Wildman–Crippen LogP) is 2.46. The molecular formula is C11H5F3N4O6S. The molecular weight excluding hydrogens is 373 g/mol. The van der Waals surface area contributed by atoms with Gasteiger partial charge < -0.3 is 10.1 Å². The largest absolute Gasteiger partial charge is 0.493 e. The van der Waals surface area contributed by atoms with Gasteiger partial charge in [0.25, 0.3) is 16.9 Å². The Morgan fingerprint density at radius 1 is 1.12 bits per heavy atom. The highest BCUT2D eigenvalue weighted by Gasteiger charge is 2.38. The molecule has 132 valence electrons. The van der Waals surface area contributed by atoms with Crippen molar-refractivity contribution in [3.63, 3.8) is 0 Å². The Morgan fingerprint density at radius 3 is 2.04 bits per heavy atom. The van der Waals surface area contributed by atoms with E-state index in [1.807, 2.05) is 4.98 Å². The number of rotatable bonds is 4. The maximum Gasteiger partial charge on any atom is 0.416 e. The summed E-state index contributed by atoms with van der Waals surface area (Å²) in [6.45, 7) is 0. The highest BCUT2D eigenvalue weighted by molar-refractivity contribution is 7.99. The van der Waals surface area contributed by atoms with E-state index in [4.69, 9.17) is 0 Å². The van der Waals surface area contributed by atoms with E-state index in [-0.39, 0.29) is 23.9 Å². The summed E-state index contributed by atoms with van der Waals surface area (Å²) in [5, 5.41) is 30.9. The predicted molar refractivity (Wildman–Crippen MR) is 75.4 cm³/mol. The number of hydrogen-bond acceptors (Lipinski definition) is 8. The second-order valence-electron chi connectivity index (χ2n) is 4.37. The van der Waals surface area contributed by atoms with Crippen LogP contribution >= 0.6 is 11.8 Å². The molecule has 14 heteroatoms. The number of nitrogens with one attached hydrogen (secondary N) is 1. The number of alkyl halides is 3. The summed E-state index contributed by atoms with van der Waals surface area (Å²) in [5.74, 6) is -0.775. The molecule has 0 amide bonds. The second-order valence-corrected chi connectivity index (χ2v) is 5.37. The first kappa shape index (κ1) is 18.2. The molecule has 2 rings (SSSR count). The van der Waals surface area contributed by atoms with Gasteiger partial charge in [0.1, 0.15) is 0 Å². The van der Waals surface area contributed by atoms with Crippen LogP contribution in [-0.4, -0.2) is 24.9 Å². The summed E-state index contributed by atoms with van der Waals surface area (Å²) >= 11 is 0.168. The third-order valence-corrected chi connectivity index (χ3v) is 3.68. The first-order valence-corrected chi connectivity index (χ1v) is 6.83. The lowest BCUT2D eigenvalue weighted by molar-refractivity contribution is -0.400. The van der Waals surface area contributed by atoms with Gasteiger partial charge in [-0.05, 0) is 11.8 Å². The summed E-state index contributed by atoms with van der Waals surface area (Å²) in [4.78, 5) is 35.6. The molecule has 2 N–H and O–H groups in total. The minimum atomic E-state index is -5.05. The van der Waals surface area contributed by atoms with E-state index in [1.54, 1.807) is 0 Å². The number of benzene rings is 1. The summed E-state index contributed by atoms with van der Waals surface area (Å²) in [6.07, 6.45) is -5.05. The maximum atomic E-state index is 12.8. The second kappa shape index (κ2) is 6.39. The fourth-order valence-corrected chi connectivity index (χ4v) is 2.67. The molecule has 0 aliphatic carbocycles. The van der Waals surface area contributed by atoms with Gasteiger partial charge in [0.2, 0.25) is 5.88 Å². The van der Waals surface area contributed by atoms with E-state index < -0.39 is 54.5 Å². The zero-order valence-electron chi connectivity index (χ0n) is 11.6. The van der Waals surface area contributed by atoms with Gasteiger partial charge in [-0.2, -0.15) is 18.2 Å². The summed E-state index contributed by atoms with van der Waals surface area (Å²) in [5.41, 5.74) is -4.84. The van der Waals surface area contributed by atoms with Crippen molar-refractivity contribution in [1.82, 2.24) is 9.97 Å². The smallest absolute Gasteiger partial charge is 0.416 e. The number of H-pyrrole nitrogens is 1. The topological polar surface area (TPSA) is 152 Å². The number of aromatic hydroxyl groups is 1. The molecule has 0 atom stereocenters. The van der Waals surface area contributed by atoms with Crippen LogP contribution in [0.1, 0.15) is 5.56 Å². The maximum absolute atomic E-state index is 12.8. The molecule has 0 aliphatic heterocycles. The number of nitrogens with zero attached hydrogens (tertiary/aromatic N) is 3. The van der Waals surface area contributed by atoms with Gasteiger partial charge in [-0.3, -0.25) is 25.0 Å². The van der Waals surface area contributed by atoms with E-state index in [1.165, 1.54) is 0 Å². The van der Waals surface area contributed by atoms with Crippen molar-refractivity contribution in [3.8, 4) is 5.88 Å². The number of halogens is 3. The fourth-order valence-electron chi connectivity index (χ4n) is 1.71. The molecule has 0 saturated carbocycles. The molecule has 0 bridgehead atoms. The summed E-state index contributed by atoms with van der Waals surface area (Å²) < 4.78 is 38.4. The van der Waals surface area contributed by atoms with Gasteiger partial charge in [-0.1, -0.05) is 0 Å². The van der Waals surface area contributed by atoms with Crippen LogP contribution in [0.4, 0.5) is 24.5 Å². The minimum Gasteiger partial charge on any atom is -0.493 e. The Morgan fingerprint density at radius 2 is 1.64 bits per heavy atom. The first-order valence-electron chi connectivity index (χ1n) is 6.01. The Bertz CT molecular complexity index is 894. The first-order chi connectivity index (χ1) is 11.5. The van der Waals surface area contributed by atoms with Crippen LogP contribution in [-0.2, 0) is 6.18 Å². The molecule has 0 aliphatic rings. The standard InChI is InChI=1S/C11H5F3N4O6S/c12-11(13,14)4-1-5(17(21)22)9(6(2-4)18(23)24)25-10-15-7(19)3-8(20)16-10/h1-3H,(H2,15,16,19,20). The molecule has 0 radical (unpaired) electrons. The van der Waals surface area contributed by atoms with Crippen molar-refractivity contribution in [2.24, 2.45) is 0 Å². The third kappa shape index (κ3) is 4.03. The average Bonchev–Trinajstić information content (AvgIpc) is 2.44. The van der Waals surface area contributed by atoms with Crippen LogP contribution in [0.3, 0.4) is 0 Å². The number of hydrogen-bond donors (Lipinski definition) is 2. The van der Waals surface area contributed by atoms with Crippen LogP contribution < -0.4 is 5.56 Å². The monoisotopic (exact) mass is 378 g/mol. The van der Waals surface area contributed by atoms with E-state index in [9.17, 15) is 43.3 Å². The summed E-state index contributed by atoms with van der Waals surface area (Å²) in [7, 11) is 0. The van der Waals surface area contributed by atoms with Gasteiger partial charge in [-0.15, -0.1) is 0 Å². The van der Waals surface area contributed by atoms with Crippen LogP contribution in [0.5, 0.6) is 5.88 Å². The van der Waals surface area contributed by atoms with Gasteiger partial charge in [-0.25, -0.2) is 0 Å². The number of aromatic nitrogens is 2. The molecule has 2 aromatic rings. The lowest BCUT2D eigenvalue weighted by Gasteiger charge is -2.09. The molecule has 25 heavy (non-hydrogen) atoms. The molecule has 0 spiro atoms. The van der Waals surface area contributed by atoms with Crippen molar-refractivity contribution >= 4 is 23.1 Å². The van der Waals surface area contributed by atoms with E-state index in [0.29, 0.717) is 6.07 Å². The highest BCUT2D eigenvalue weighted by Crippen LogP contribution is 2.44. The number of aromatic amines is 1. The van der Waals surface area contributed by atoms with Crippen molar-refractivity contribution in [1.29, 1.82) is 0 Å². The van der Waals surface area contributed by atoms with Crippen molar-refractivity contribution in [2.75, 3.05) is 0 Å². The Kier molecular flexibility index (Phi) is 4.64. The third-order valence-electron chi connectivity index (χ3n) is 2.68. The van der Waals surface area contributed by atoms with Crippen molar-refractivity contribution < 1.29 is 28.1 Å². The van der Waals surface area contributed by atoms with Gasteiger partial charge in [0, 0.05) is 12.1 Å². The summed E-state index contributed by atoms with van der Waals surface area (Å²) in [6, 6.07) is 0.937. The molecule has 10 nitrogen and oxygen atoms in total. The van der Waals surface area contributed by atoms with E-state index in [0.717, 1.165) is 0 Å². The molecule has 1 aromatic carbocycles. The Labute approximate surface area is 138 Å². The van der Waals surface area contributed by atoms with E-state index in [2.05, 4.69) is 4.98 Å². The van der Waals surface area contributed by atoms with Gasteiger partial charge >= 0.3 is 6.18 Å². The lowest BCUT2D eigenvalue weighted by atomic mass is 10.1. The van der Waals surface area contributed by atoms with Crippen LogP contribution in [0, 0.1) is 20.2 Å². The van der Waals surface area contributed by atoms with Crippen molar-refractivity contribution in [2.45, 2.75) is 16.2 Å². The van der Waals surface area contributed by atoms with Crippen LogP contribution in [0.15, 0.2) is 33.0 Å².